The molecule has 0 aliphatic heterocycles. The molecule has 0 spiro atoms. The molecule has 1 rings (SSSR count). The van der Waals surface area contributed by atoms with Crippen LogP contribution in [0.1, 0.15) is 31.9 Å². The second-order valence-electron chi connectivity index (χ2n) is 4.32. The van der Waals surface area contributed by atoms with Crippen molar-refractivity contribution in [1.29, 1.82) is 0 Å². The Balaban J connectivity index is 2.89. The van der Waals surface area contributed by atoms with E-state index in [0.717, 1.165) is 12.1 Å². The van der Waals surface area contributed by atoms with Crippen LogP contribution in [0.2, 0.25) is 0 Å². The van der Waals surface area contributed by atoms with Crippen LogP contribution >= 0.6 is 0 Å². The minimum Gasteiger partial charge on any atom is -0.359 e. The Kier molecular flexibility index (Phi) is 3.96. The molecule has 0 aliphatic carbocycles. The monoisotopic (exact) mass is 203 g/mol. The molecule has 82 valence electrons. The van der Waals surface area contributed by atoms with Crippen molar-refractivity contribution < 1.29 is 0 Å². The smallest absolute Gasteiger partial charge is 0.0414 e. The standard InChI is InChI=1S/C14H21N/c1-6-13-9-11(4)7-8-14(13)15-12(5)10(2)3/h7-10,15H,5-6H2,1-4H3. The Hall–Kier alpha value is -1.24. The van der Waals surface area contributed by atoms with Crippen LogP contribution in [-0.4, -0.2) is 0 Å². The summed E-state index contributed by atoms with van der Waals surface area (Å²) in [6, 6.07) is 6.51. The molecule has 0 aromatic heterocycles. The van der Waals surface area contributed by atoms with E-state index in [1.807, 2.05) is 0 Å². The molecule has 1 heteroatoms. The third-order valence-corrected chi connectivity index (χ3v) is 2.63. The van der Waals surface area contributed by atoms with Crippen molar-refractivity contribution in [1.82, 2.24) is 0 Å². The van der Waals surface area contributed by atoms with Crippen molar-refractivity contribution in [3.63, 3.8) is 0 Å². The lowest BCUT2D eigenvalue weighted by Gasteiger charge is -2.16. The molecule has 0 amide bonds. The highest BCUT2D eigenvalue weighted by molar-refractivity contribution is 5.56. The molecule has 1 N–H and O–H groups in total. The Morgan fingerprint density at radius 1 is 1.40 bits per heavy atom. The number of benzene rings is 1. The van der Waals surface area contributed by atoms with Crippen molar-refractivity contribution in [2.45, 2.75) is 34.1 Å². The maximum Gasteiger partial charge on any atom is 0.0414 e. The number of aryl methyl sites for hydroxylation is 2. The number of hydrogen-bond acceptors (Lipinski definition) is 1. The van der Waals surface area contributed by atoms with Gasteiger partial charge in [0.05, 0.1) is 0 Å². The van der Waals surface area contributed by atoms with Crippen LogP contribution in [0.5, 0.6) is 0 Å². The largest absolute Gasteiger partial charge is 0.359 e. The van der Waals surface area contributed by atoms with Gasteiger partial charge in [0.2, 0.25) is 0 Å². The average Bonchev–Trinajstić information content (AvgIpc) is 2.20. The van der Waals surface area contributed by atoms with Crippen LogP contribution in [-0.2, 0) is 6.42 Å². The van der Waals surface area contributed by atoms with Gasteiger partial charge >= 0.3 is 0 Å². The number of hydrogen-bond donors (Lipinski definition) is 1. The Morgan fingerprint density at radius 2 is 2.07 bits per heavy atom. The molecule has 0 aliphatic rings. The predicted octanol–water partition coefficient (Wildman–Crippen LogP) is 4.14. The zero-order valence-electron chi connectivity index (χ0n) is 10.2. The van der Waals surface area contributed by atoms with E-state index in [-0.39, 0.29) is 0 Å². The van der Waals surface area contributed by atoms with E-state index in [1.54, 1.807) is 0 Å². The molecule has 1 aromatic rings. The number of rotatable bonds is 4. The Bertz CT molecular complexity index is 350. The third kappa shape index (κ3) is 3.12. The number of nitrogens with one attached hydrogen (secondary N) is 1. The molecular weight excluding hydrogens is 182 g/mol. The van der Waals surface area contributed by atoms with Gasteiger partial charge in [-0.1, -0.05) is 45.0 Å². The molecule has 1 aromatic carbocycles. The van der Waals surface area contributed by atoms with Gasteiger partial charge in [0.25, 0.3) is 0 Å². The van der Waals surface area contributed by atoms with Crippen LogP contribution in [0.15, 0.2) is 30.5 Å². The Morgan fingerprint density at radius 3 is 2.60 bits per heavy atom. The summed E-state index contributed by atoms with van der Waals surface area (Å²) in [5, 5.41) is 3.39. The van der Waals surface area contributed by atoms with Crippen molar-refractivity contribution >= 4 is 5.69 Å². The SMILES string of the molecule is C=C(Nc1ccc(C)cc1CC)C(C)C. The van der Waals surface area contributed by atoms with Crippen molar-refractivity contribution in [2.24, 2.45) is 5.92 Å². The van der Waals surface area contributed by atoms with Crippen molar-refractivity contribution in [2.75, 3.05) is 5.32 Å². The molecule has 0 heterocycles. The Labute approximate surface area is 93.2 Å². The normalized spacial score (nSPS) is 10.5. The van der Waals surface area contributed by atoms with Crippen LogP contribution in [0, 0.1) is 12.8 Å². The van der Waals surface area contributed by atoms with Crippen molar-refractivity contribution in [3.8, 4) is 0 Å². The van der Waals surface area contributed by atoms with Gasteiger partial charge in [-0.05, 0) is 30.9 Å². The molecule has 0 saturated heterocycles. The zero-order chi connectivity index (χ0) is 11.4. The van der Waals surface area contributed by atoms with Crippen LogP contribution in [0.3, 0.4) is 0 Å². The number of allylic oxidation sites excluding steroid dienone is 1. The fourth-order valence-electron chi connectivity index (χ4n) is 1.45. The van der Waals surface area contributed by atoms with Gasteiger partial charge in [-0.2, -0.15) is 0 Å². The minimum absolute atomic E-state index is 0.469. The van der Waals surface area contributed by atoms with Gasteiger partial charge in [0, 0.05) is 11.4 Å². The van der Waals surface area contributed by atoms with Gasteiger partial charge in [0.15, 0.2) is 0 Å². The van der Waals surface area contributed by atoms with Crippen LogP contribution < -0.4 is 5.32 Å². The summed E-state index contributed by atoms with van der Waals surface area (Å²) >= 11 is 0. The highest BCUT2D eigenvalue weighted by atomic mass is 14.9. The lowest BCUT2D eigenvalue weighted by Crippen LogP contribution is -2.06. The van der Waals surface area contributed by atoms with E-state index < -0.39 is 0 Å². The highest BCUT2D eigenvalue weighted by Gasteiger charge is 2.04. The van der Waals surface area contributed by atoms with Crippen LogP contribution in [0.4, 0.5) is 5.69 Å². The first-order chi connectivity index (χ1) is 7.04. The van der Waals surface area contributed by atoms with E-state index >= 15 is 0 Å². The van der Waals surface area contributed by atoms with Gasteiger partial charge in [0.1, 0.15) is 0 Å². The first kappa shape index (κ1) is 11.8. The van der Waals surface area contributed by atoms with E-state index in [1.165, 1.54) is 16.8 Å². The molecule has 15 heavy (non-hydrogen) atoms. The zero-order valence-corrected chi connectivity index (χ0v) is 10.2. The molecule has 0 radical (unpaired) electrons. The summed E-state index contributed by atoms with van der Waals surface area (Å²) in [7, 11) is 0. The van der Waals surface area contributed by atoms with Gasteiger partial charge in [-0.15, -0.1) is 0 Å². The average molecular weight is 203 g/mol. The summed E-state index contributed by atoms with van der Waals surface area (Å²) in [5.41, 5.74) is 4.94. The first-order valence-corrected chi connectivity index (χ1v) is 5.60. The van der Waals surface area contributed by atoms with Crippen molar-refractivity contribution in [3.05, 3.63) is 41.6 Å². The molecule has 0 fully saturated rings. The summed E-state index contributed by atoms with van der Waals surface area (Å²) in [4.78, 5) is 0. The van der Waals surface area contributed by atoms with Gasteiger partial charge in [-0.25, -0.2) is 0 Å². The van der Waals surface area contributed by atoms with E-state index in [0.29, 0.717) is 5.92 Å². The number of anilines is 1. The fraction of sp³-hybridized carbons (Fsp3) is 0.429. The van der Waals surface area contributed by atoms with Gasteiger partial charge in [-0.3, -0.25) is 0 Å². The highest BCUT2D eigenvalue weighted by Crippen LogP contribution is 2.21. The fourth-order valence-corrected chi connectivity index (χ4v) is 1.45. The van der Waals surface area contributed by atoms with Crippen LogP contribution in [0.25, 0.3) is 0 Å². The summed E-state index contributed by atoms with van der Waals surface area (Å²) < 4.78 is 0. The molecule has 1 nitrogen and oxygen atoms in total. The van der Waals surface area contributed by atoms with E-state index in [9.17, 15) is 0 Å². The molecule has 0 unspecified atom stereocenters. The third-order valence-electron chi connectivity index (χ3n) is 2.63. The lowest BCUT2D eigenvalue weighted by atomic mass is 10.1. The molecule has 0 bridgehead atoms. The minimum atomic E-state index is 0.469. The predicted molar refractivity (Wildman–Crippen MR) is 68.2 cm³/mol. The molecule has 0 atom stereocenters. The molecule has 0 saturated carbocycles. The molecular formula is C14H21N. The van der Waals surface area contributed by atoms with E-state index in [4.69, 9.17) is 0 Å². The quantitative estimate of drug-likeness (QED) is 0.775. The topological polar surface area (TPSA) is 12.0 Å². The summed E-state index contributed by atoms with van der Waals surface area (Å²) in [6.07, 6.45) is 1.05. The van der Waals surface area contributed by atoms with Gasteiger partial charge < -0.3 is 5.32 Å². The van der Waals surface area contributed by atoms with E-state index in [2.05, 4.69) is 57.8 Å². The summed E-state index contributed by atoms with van der Waals surface area (Å²) in [6.45, 7) is 12.6. The summed E-state index contributed by atoms with van der Waals surface area (Å²) in [5.74, 6) is 0.469. The maximum atomic E-state index is 4.04. The second kappa shape index (κ2) is 5.01. The second-order valence-corrected chi connectivity index (χ2v) is 4.32. The maximum absolute atomic E-state index is 4.04. The lowest BCUT2D eigenvalue weighted by molar-refractivity contribution is 0.777. The first-order valence-electron chi connectivity index (χ1n) is 5.60.